The summed E-state index contributed by atoms with van der Waals surface area (Å²) in [6.07, 6.45) is 1.84. The van der Waals surface area contributed by atoms with E-state index in [0.29, 0.717) is 29.3 Å². The van der Waals surface area contributed by atoms with Gasteiger partial charge >= 0.3 is 0 Å². The van der Waals surface area contributed by atoms with Gasteiger partial charge in [-0.15, -0.1) is 12.6 Å². The Morgan fingerprint density at radius 2 is 2.33 bits per heavy atom. The standard InChI is InChI=1S/C11H10BrN3O2S/c12-7-1-2-8(9(18)5-7)11(16)13-4-3-10-14-6-15-17-10/h1-2,5-6,18H,3-4H2,(H,13,16). The zero-order chi connectivity index (χ0) is 13.0. The molecule has 1 heterocycles. The molecule has 18 heavy (non-hydrogen) atoms. The number of nitrogens with zero attached hydrogens (tertiary/aromatic N) is 2. The summed E-state index contributed by atoms with van der Waals surface area (Å²) >= 11 is 7.57. The Bertz CT molecular complexity index is 545. The maximum Gasteiger partial charge on any atom is 0.252 e. The lowest BCUT2D eigenvalue weighted by molar-refractivity contribution is 0.0950. The normalized spacial score (nSPS) is 10.3. The van der Waals surface area contributed by atoms with E-state index >= 15 is 0 Å². The lowest BCUT2D eigenvalue weighted by Gasteiger charge is -2.06. The topological polar surface area (TPSA) is 68.0 Å². The van der Waals surface area contributed by atoms with Crippen LogP contribution in [-0.2, 0) is 6.42 Å². The minimum Gasteiger partial charge on any atom is -0.351 e. The van der Waals surface area contributed by atoms with Crippen LogP contribution >= 0.6 is 28.6 Å². The number of thiol groups is 1. The lowest BCUT2D eigenvalue weighted by atomic mass is 10.2. The van der Waals surface area contributed by atoms with Crippen LogP contribution < -0.4 is 5.32 Å². The van der Waals surface area contributed by atoms with Crippen molar-refractivity contribution in [1.82, 2.24) is 15.5 Å². The summed E-state index contributed by atoms with van der Waals surface area (Å²) in [5.74, 6) is 0.323. The molecule has 0 spiro atoms. The maximum absolute atomic E-state index is 11.9. The molecule has 0 radical (unpaired) electrons. The van der Waals surface area contributed by atoms with Crippen molar-refractivity contribution in [2.24, 2.45) is 0 Å². The van der Waals surface area contributed by atoms with E-state index in [4.69, 9.17) is 4.52 Å². The number of carbonyl (C=O) groups excluding carboxylic acids is 1. The molecule has 5 nitrogen and oxygen atoms in total. The van der Waals surface area contributed by atoms with E-state index in [2.05, 4.69) is 44.0 Å². The van der Waals surface area contributed by atoms with Crippen LogP contribution in [0, 0.1) is 0 Å². The van der Waals surface area contributed by atoms with Crippen LogP contribution in [-0.4, -0.2) is 22.6 Å². The minimum absolute atomic E-state index is 0.174. The van der Waals surface area contributed by atoms with Gasteiger partial charge in [-0.1, -0.05) is 21.1 Å². The van der Waals surface area contributed by atoms with E-state index in [1.165, 1.54) is 6.33 Å². The van der Waals surface area contributed by atoms with Crippen LogP contribution in [0.25, 0.3) is 0 Å². The molecule has 0 saturated carbocycles. The van der Waals surface area contributed by atoms with Crippen molar-refractivity contribution in [2.45, 2.75) is 11.3 Å². The maximum atomic E-state index is 11.9. The molecule has 2 rings (SSSR count). The lowest BCUT2D eigenvalue weighted by Crippen LogP contribution is -2.26. The third-order valence-electron chi connectivity index (χ3n) is 2.24. The van der Waals surface area contributed by atoms with Gasteiger partial charge in [-0.05, 0) is 18.2 Å². The fraction of sp³-hybridized carbons (Fsp3) is 0.182. The second-order valence-corrected chi connectivity index (χ2v) is 4.90. The van der Waals surface area contributed by atoms with E-state index < -0.39 is 0 Å². The molecule has 0 bridgehead atoms. The summed E-state index contributed by atoms with van der Waals surface area (Å²) in [4.78, 5) is 16.4. The molecule has 0 aliphatic carbocycles. The van der Waals surface area contributed by atoms with Gasteiger partial charge in [0.25, 0.3) is 5.91 Å². The third-order valence-corrected chi connectivity index (χ3v) is 3.10. The van der Waals surface area contributed by atoms with Crippen LogP contribution in [0.2, 0.25) is 0 Å². The highest BCUT2D eigenvalue weighted by atomic mass is 79.9. The highest BCUT2D eigenvalue weighted by Crippen LogP contribution is 2.19. The summed E-state index contributed by atoms with van der Waals surface area (Å²) < 4.78 is 5.71. The number of halogens is 1. The average molecular weight is 328 g/mol. The number of aromatic nitrogens is 2. The van der Waals surface area contributed by atoms with Crippen LogP contribution in [0.5, 0.6) is 0 Å². The number of benzene rings is 1. The molecule has 94 valence electrons. The minimum atomic E-state index is -0.174. The summed E-state index contributed by atoms with van der Waals surface area (Å²) in [6, 6.07) is 5.29. The Labute approximate surface area is 118 Å². The smallest absolute Gasteiger partial charge is 0.252 e. The number of nitrogens with one attached hydrogen (secondary N) is 1. The Balaban J connectivity index is 1.91. The quantitative estimate of drug-likeness (QED) is 0.844. The van der Waals surface area contributed by atoms with Gasteiger partial charge in [-0.25, -0.2) is 0 Å². The first-order valence-electron chi connectivity index (χ1n) is 5.19. The molecule has 2 aromatic rings. The van der Waals surface area contributed by atoms with Crippen molar-refractivity contribution >= 4 is 34.5 Å². The molecule has 0 aliphatic rings. The van der Waals surface area contributed by atoms with E-state index in [-0.39, 0.29) is 5.91 Å². The van der Waals surface area contributed by atoms with Crippen molar-refractivity contribution in [2.75, 3.05) is 6.54 Å². The predicted octanol–water partition coefficient (Wildman–Crippen LogP) is 2.09. The number of amides is 1. The number of hydrogen-bond donors (Lipinski definition) is 2. The monoisotopic (exact) mass is 327 g/mol. The van der Waals surface area contributed by atoms with Gasteiger partial charge in [-0.2, -0.15) is 4.98 Å². The molecule has 1 amide bonds. The molecule has 0 fully saturated rings. The van der Waals surface area contributed by atoms with Gasteiger partial charge in [0.15, 0.2) is 6.33 Å². The SMILES string of the molecule is O=C(NCCc1ncno1)c1ccc(Br)cc1S. The van der Waals surface area contributed by atoms with Crippen LogP contribution in [0.3, 0.4) is 0 Å². The summed E-state index contributed by atoms with van der Waals surface area (Å²) in [5.41, 5.74) is 0.534. The second kappa shape index (κ2) is 6.01. The zero-order valence-corrected chi connectivity index (χ0v) is 11.7. The Morgan fingerprint density at radius 3 is 3.00 bits per heavy atom. The molecule has 1 aromatic heterocycles. The van der Waals surface area contributed by atoms with E-state index in [9.17, 15) is 4.79 Å². The van der Waals surface area contributed by atoms with Crippen molar-refractivity contribution in [1.29, 1.82) is 0 Å². The van der Waals surface area contributed by atoms with Crippen molar-refractivity contribution < 1.29 is 9.32 Å². The van der Waals surface area contributed by atoms with Crippen LogP contribution in [0.15, 0.2) is 38.4 Å². The summed E-state index contributed by atoms with van der Waals surface area (Å²) in [7, 11) is 0. The predicted molar refractivity (Wildman–Crippen MR) is 71.7 cm³/mol. The van der Waals surface area contributed by atoms with Gasteiger partial charge in [-0.3, -0.25) is 4.79 Å². The number of rotatable bonds is 4. The fourth-order valence-corrected chi connectivity index (χ4v) is 2.23. The van der Waals surface area contributed by atoms with Gasteiger partial charge < -0.3 is 9.84 Å². The molecule has 0 saturated heterocycles. The van der Waals surface area contributed by atoms with Gasteiger partial charge in [0.05, 0.1) is 5.56 Å². The molecule has 1 aromatic carbocycles. The van der Waals surface area contributed by atoms with Crippen molar-refractivity contribution in [3.05, 3.63) is 40.5 Å². The van der Waals surface area contributed by atoms with E-state index in [1.807, 2.05) is 0 Å². The Morgan fingerprint density at radius 1 is 1.50 bits per heavy atom. The van der Waals surface area contributed by atoms with Crippen molar-refractivity contribution in [3.63, 3.8) is 0 Å². The molecular weight excluding hydrogens is 318 g/mol. The number of hydrogen-bond acceptors (Lipinski definition) is 5. The Kier molecular flexibility index (Phi) is 4.38. The third kappa shape index (κ3) is 3.33. The summed E-state index contributed by atoms with van der Waals surface area (Å²) in [6.45, 7) is 0.435. The highest BCUT2D eigenvalue weighted by molar-refractivity contribution is 9.10. The average Bonchev–Trinajstić information content (AvgIpc) is 2.81. The first-order chi connectivity index (χ1) is 8.66. The Hall–Kier alpha value is -1.34. The van der Waals surface area contributed by atoms with E-state index in [0.717, 1.165) is 4.47 Å². The first-order valence-corrected chi connectivity index (χ1v) is 6.43. The van der Waals surface area contributed by atoms with Crippen LogP contribution in [0.1, 0.15) is 16.2 Å². The zero-order valence-electron chi connectivity index (χ0n) is 9.26. The van der Waals surface area contributed by atoms with Crippen molar-refractivity contribution in [3.8, 4) is 0 Å². The molecular formula is C11H10BrN3O2S. The molecule has 7 heteroatoms. The largest absolute Gasteiger partial charge is 0.351 e. The van der Waals surface area contributed by atoms with E-state index in [1.54, 1.807) is 18.2 Å². The highest BCUT2D eigenvalue weighted by Gasteiger charge is 2.09. The van der Waals surface area contributed by atoms with Crippen LogP contribution in [0.4, 0.5) is 0 Å². The fourth-order valence-electron chi connectivity index (χ4n) is 1.38. The van der Waals surface area contributed by atoms with Gasteiger partial charge in [0.1, 0.15) is 0 Å². The molecule has 1 N–H and O–H groups in total. The van der Waals surface area contributed by atoms with Gasteiger partial charge in [0, 0.05) is 22.3 Å². The van der Waals surface area contributed by atoms with Gasteiger partial charge in [0.2, 0.25) is 5.89 Å². The molecule has 0 atom stereocenters. The number of carbonyl (C=O) groups is 1. The molecule has 0 aliphatic heterocycles. The first kappa shape index (κ1) is 13.1. The second-order valence-electron chi connectivity index (χ2n) is 3.50. The molecule has 0 unspecified atom stereocenters. The summed E-state index contributed by atoms with van der Waals surface area (Å²) in [5, 5.41) is 6.25.